The minimum Gasteiger partial charge on any atom is -0.397 e. The molecule has 2 heterocycles. The highest BCUT2D eigenvalue weighted by atomic mass is 15.3. The Morgan fingerprint density at radius 2 is 2.17 bits per heavy atom. The quantitative estimate of drug-likeness (QED) is 0.712. The number of hydrogen-bond donors (Lipinski definition) is 1. The number of rotatable bonds is 3. The van der Waals surface area contributed by atoms with Gasteiger partial charge in [0.05, 0.1) is 17.7 Å². The summed E-state index contributed by atoms with van der Waals surface area (Å²) in [7, 11) is 0. The number of para-hydroxylation sites is 1. The van der Waals surface area contributed by atoms with Crippen LogP contribution in [0.3, 0.4) is 0 Å². The summed E-state index contributed by atoms with van der Waals surface area (Å²) in [5.41, 5.74) is 7.89. The fraction of sp³-hybridized carbons (Fsp3) is 0.231. The molecule has 0 saturated carbocycles. The maximum absolute atomic E-state index is 6.04. The van der Waals surface area contributed by atoms with Crippen molar-refractivity contribution in [3.05, 3.63) is 42.6 Å². The summed E-state index contributed by atoms with van der Waals surface area (Å²) in [5, 5.41) is 5.33. The van der Waals surface area contributed by atoms with Crippen molar-refractivity contribution in [3.8, 4) is 0 Å². The van der Waals surface area contributed by atoms with Crippen molar-refractivity contribution >= 4 is 16.6 Å². The van der Waals surface area contributed by atoms with Crippen molar-refractivity contribution < 1.29 is 0 Å². The average molecular weight is 241 g/mol. The summed E-state index contributed by atoms with van der Waals surface area (Å²) < 4.78 is 4.01. The predicted molar refractivity (Wildman–Crippen MR) is 71.1 cm³/mol. The van der Waals surface area contributed by atoms with Gasteiger partial charge in [0.25, 0.3) is 0 Å². The van der Waals surface area contributed by atoms with Crippen molar-refractivity contribution in [3.63, 3.8) is 0 Å². The lowest BCUT2D eigenvalue weighted by Gasteiger charge is -2.07. The molecule has 0 saturated heterocycles. The zero-order valence-electron chi connectivity index (χ0n) is 10.2. The van der Waals surface area contributed by atoms with Gasteiger partial charge in [-0.3, -0.25) is 0 Å². The minimum atomic E-state index is 0.686. The van der Waals surface area contributed by atoms with Crippen molar-refractivity contribution in [1.29, 1.82) is 0 Å². The molecular formula is C13H15N5. The molecule has 3 aromatic rings. The van der Waals surface area contributed by atoms with Gasteiger partial charge in [-0.2, -0.15) is 5.10 Å². The second-order valence-electron chi connectivity index (χ2n) is 4.22. The van der Waals surface area contributed by atoms with Crippen LogP contribution in [0.1, 0.15) is 12.7 Å². The molecule has 0 atom stereocenters. The number of fused-ring (bicyclic) bond motifs is 1. The van der Waals surface area contributed by atoms with E-state index in [1.807, 2.05) is 23.0 Å². The van der Waals surface area contributed by atoms with E-state index in [4.69, 9.17) is 5.73 Å². The van der Waals surface area contributed by atoms with Crippen LogP contribution in [0.15, 0.2) is 36.8 Å². The molecule has 2 N–H and O–H groups in total. The Morgan fingerprint density at radius 3 is 3.00 bits per heavy atom. The Bertz CT molecular complexity index is 680. The van der Waals surface area contributed by atoms with Gasteiger partial charge in [-0.15, -0.1) is 0 Å². The number of anilines is 1. The normalized spacial score (nSPS) is 11.2. The number of aromatic nitrogens is 4. The first kappa shape index (κ1) is 10.8. The SMILES string of the molecule is CCn1ncnc1Cn1ccc2cccc(N)c21. The summed E-state index contributed by atoms with van der Waals surface area (Å²) in [6.07, 6.45) is 3.63. The number of nitrogen functional groups attached to an aromatic ring is 1. The van der Waals surface area contributed by atoms with Crippen LogP contribution < -0.4 is 5.73 Å². The van der Waals surface area contributed by atoms with E-state index in [0.29, 0.717) is 6.54 Å². The standard InChI is InChI=1S/C13H15N5/c1-2-18-12(15-9-16-18)8-17-7-6-10-4-3-5-11(14)13(10)17/h3-7,9H,2,8,14H2,1H3. The van der Waals surface area contributed by atoms with Crippen molar-refractivity contribution in [1.82, 2.24) is 19.3 Å². The lowest BCUT2D eigenvalue weighted by Crippen LogP contribution is -2.08. The number of hydrogen-bond acceptors (Lipinski definition) is 3. The summed E-state index contributed by atoms with van der Waals surface area (Å²) >= 11 is 0. The van der Waals surface area contributed by atoms with E-state index < -0.39 is 0 Å². The number of nitrogens with zero attached hydrogens (tertiary/aromatic N) is 4. The Morgan fingerprint density at radius 1 is 1.28 bits per heavy atom. The molecule has 2 aromatic heterocycles. The topological polar surface area (TPSA) is 61.7 Å². The largest absolute Gasteiger partial charge is 0.397 e. The third kappa shape index (κ3) is 1.64. The Hall–Kier alpha value is -2.30. The first-order valence-corrected chi connectivity index (χ1v) is 5.99. The van der Waals surface area contributed by atoms with Gasteiger partial charge < -0.3 is 10.3 Å². The molecule has 0 aliphatic rings. The van der Waals surface area contributed by atoms with Gasteiger partial charge in [0.15, 0.2) is 0 Å². The third-order valence-corrected chi connectivity index (χ3v) is 3.13. The van der Waals surface area contributed by atoms with Gasteiger partial charge in [-0.25, -0.2) is 9.67 Å². The monoisotopic (exact) mass is 241 g/mol. The van der Waals surface area contributed by atoms with E-state index >= 15 is 0 Å². The zero-order chi connectivity index (χ0) is 12.5. The fourth-order valence-electron chi connectivity index (χ4n) is 2.25. The van der Waals surface area contributed by atoms with Gasteiger partial charge in [0, 0.05) is 18.1 Å². The number of benzene rings is 1. The Labute approximate surface area is 105 Å². The van der Waals surface area contributed by atoms with Crippen LogP contribution in [0.2, 0.25) is 0 Å². The summed E-state index contributed by atoms with van der Waals surface area (Å²) in [4.78, 5) is 4.29. The molecule has 0 aliphatic heterocycles. The molecule has 92 valence electrons. The molecule has 0 fully saturated rings. The molecule has 0 amide bonds. The van der Waals surface area contributed by atoms with Crippen LogP contribution in [0.25, 0.3) is 10.9 Å². The van der Waals surface area contributed by atoms with E-state index in [9.17, 15) is 0 Å². The van der Waals surface area contributed by atoms with Crippen LogP contribution in [0.5, 0.6) is 0 Å². The highest BCUT2D eigenvalue weighted by Gasteiger charge is 2.08. The van der Waals surface area contributed by atoms with Crippen LogP contribution in [0, 0.1) is 0 Å². The average Bonchev–Trinajstić information content (AvgIpc) is 2.97. The summed E-state index contributed by atoms with van der Waals surface area (Å²) in [6.45, 7) is 3.57. The molecule has 0 radical (unpaired) electrons. The Balaban J connectivity index is 2.05. The zero-order valence-corrected chi connectivity index (χ0v) is 10.2. The Kier molecular flexibility index (Phi) is 2.51. The second-order valence-corrected chi connectivity index (χ2v) is 4.22. The number of aryl methyl sites for hydroxylation is 1. The van der Waals surface area contributed by atoms with E-state index in [1.54, 1.807) is 6.33 Å². The molecule has 18 heavy (non-hydrogen) atoms. The minimum absolute atomic E-state index is 0.686. The van der Waals surface area contributed by atoms with Gasteiger partial charge in [-0.1, -0.05) is 12.1 Å². The van der Waals surface area contributed by atoms with Crippen LogP contribution >= 0.6 is 0 Å². The smallest absolute Gasteiger partial charge is 0.146 e. The van der Waals surface area contributed by atoms with E-state index in [1.165, 1.54) is 0 Å². The molecule has 0 unspecified atom stereocenters. The maximum Gasteiger partial charge on any atom is 0.146 e. The second kappa shape index (κ2) is 4.18. The number of nitrogens with two attached hydrogens (primary N) is 1. The maximum atomic E-state index is 6.04. The highest BCUT2D eigenvalue weighted by Crippen LogP contribution is 2.22. The van der Waals surface area contributed by atoms with E-state index in [-0.39, 0.29) is 0 Å². The lowest BCUT2D eigenvalue weighted by atomic mass is 10.2. The molecule has 0 aliphatic carbocycles. The van der Waals surface area contributed by atoms with Gasteiger partial charge in [0.2, 0.25) is 0 Å². The molecular weight excluding hydrogens is 226 g/mol. The van der Waals surface area contributed by atoms with Crippen molar-refractivity contribution in [2.75, 3.05) is 5.73 Å². The molecule has 5 heteroatoms. The highest BCUT2D eigenvalue weighted by molar-refractivity contribution is 5.90. The predicted octanol–water partition coefficient (Wildman–Crippen LogP) is 1.88. The molecule has 3 rings (SSSR count). The third-order valence-electron chi connectivity index (χ3n) is 3.13. The molecule has 1 aromatic carbocycles. The van der Waals surface area contributed by atoms with E-state index in [0.717, 1.165) is 29.0 Å². The van der Waals surface area contributed by atoms with E-state index in [2.05, 4.69) is 33.7 Å². The molecule has 0 bridgehead atoms. The van der Waals surface area contributed by atoms with Crippen LogP contribution in [-0.4, -0.2) is 19.3 Å². The summed E-state index contributed by atoms with van der Waals surface area (Å²) in [6, 6.07) is 8.02. The molecule has 5 nitrogen and oxygen atoms in total. The first-order valence-electron chi connectivity index (χ1n) is 5.99. The first-order chi connectivity index (χ1) is 8.79. The van der Waals surface area contributed by atoms with Crippen LogP contribution in [0.4, 0.5) is 5.69 Å². The molecule has 0 spiro atoms. The fourth-order valence-corrected chi connectivity index (χ4v) is 2.25. The van der Waals surface area contributed by atoms with Gasteiger partial charge in [0.1, 0.15) is 12.2 Å². The van der Waals surface area contributed by atoms with Crippen molar-refractivity contribution in [2.45, 2.75) is 20.0 Å². The van der Waals surface area contributed by atoms with Crippen molar-refractivity contribution in [2.24, 2.45) is 0 Å². The van der Waals surface area contributed by atoms with Gasteiger partial charge in [-0.05, 0) is 19.1 Å². The lowest BCUT2D eigenvalue weighted by molar-refractivity contribution is 0.597. The summed E-state index contributed by atoms with van der Waals surface area (Å²) in [5.74, 6) is 0.943. The van der Waals surface area contributed by atoms with Gasteiger partial charge >= 0.3 is 0 Å². The van der Waals surface area contributed by atoms with Crippen LogP contribution in [-0.2, 0) is 13.1 Å².